The minimum absolute atomic E-state index is 0.0853. The summed E-state index contributed by atoms with van der Waals surface area (Å²) in [4.78, 5) is 8.92. The molecule has 0 unspecified atom stereocenters. The van der Waals surface area contributed by atoms with Gasteiger partial charge in [0, 0.05) is 31.9 Å². The van der Waals surface area contributed by atoms with Gasteiger partial charge in [0.15, 0.2) is 11.6 Å². The molecule has 3 aliphatic rings. The molecule has 138 valence electrons. The van der Waals surface area contributed by atoms with Crippen LogP contribution < -0.4 is 4.90 Å². The average Bonchev–Trinajstić information content (AvgIpc) is 3.01. The maximum Gasteiger partial charge on any atom is 0.167 e. The van der Waals surface area contributed by atoms with Crippen molar-refractivity contribution in [2.45, 2.75) is 57.1 Å². The predicted octanol–water partition coefficient (Wildman–Crippen LogP) is 3.47. The summed E-state index contributed by atoms with van der Waals surface area (Å²) in [5.74, 6) is 0.118. The third-order valence-electron chi connectivity index (χ3n) is 6.56. The van der Waals surface area contributed by atoms with Crippen LogP contribution in [0.15, 0.2) is 12.3 Å². The number of aliphatic hydroxyl groups excluding tert-OH is 1. The number of aliphatic hydroxyl groups is 1. The molecular weight excluding hydrogens is 341 g/mol. The normalized spacial score (nSPS) is 30.1. The summed E-state index contributed by atoms with van der Waals surface area (Å²) in [6.45, 7) is 4.07. The van der Waals surface area contributed by atoms with Crippen molar-refractivity contribution in [3.63, 3.8) is 0 Å². The first kappa shape index (κ1) is 17.5. The third kappa shape index (κ3) is 3.64. The van der Waals surface area contributed by atoms with Crippen LogP contribution in [0.4, 0.5) is 10.2 Å². The second-order valence-electron chi connectivity index (χ2n) is 8.13. The number of nitrogens with zero attached hydrogens (tertiary/aromatic N) is 3. The van der Waals surface area contributed by atoms with Crippen molar-refractivity contribution in [3.8, 4) is 0 Å². The number of hydrogen-bond acceptors (Lipinski definition) is 4. The molecular formula is C19H27ClFN3O. The summed E-state index contributed by atoms with van der Waals surface area (Å²) in [6.07, 6.45) is 9.04. The molecule has 0 radical (unpaired) electrons. The van der Waals surface area contributed by atoms with Crippen molar-refractivity contribution in [1.29, 1.82) is 0 Å². The maximum absolute atomic E-state index is 14.1. The predicted molar refractivity (Wildman–Crippen MR) is 97.5 cm³/mol. The second-order valence-corrected chi connectivity index (χ2v) is 8.57. The third-order valence-corrected chi connectivity index (χ3v) is 6.77. The molecule has 4 rings (SSSR count). The summed E-state index contributed by atoms with van der Waals surface area (Å²) in [5, 5.41) is 10.1. The van der Waals surface area contributed by atoms with Gasteiger partial charge < -0.3 is 10.0 Å². The number of rotatable bonds is 2. The van der Waals surface area contributed by atoms with Gasteiger partial charge in [0.25, 0.3) is 0 Å². The van der Waals surface area contributed by atoms with Gasteiger partial charge in [0.2, 0.25) is 0 Å². The molecule has 1 aromatic rings. The Bertz CT molecular complexity index is 613. The second kappa shape index (κ2) is 7.01. The molecule has 3 fully saturated rings. The van der Waals surface area contributed by atoms with Crippen LogP contribution in [0.3, 0.4) is 0 Å². The summed E-state index contributed by atoms with van der Waals surface area (Å²) in [7, 11) is 0. The molecule has 1 saturated carbocycles. The highest BCUT2D eigenvalue weighted by molar-refractivity contribution is 6.30. The Morgan fingerprint density at radius 1 is 1.12 bits per heavy atom. The molecule has 3 heterocycles. The van der Waals surface area contributed by atoms with Crippen LogP contribution in [0.25, 0.3) is 0 Å². The van der Waals surface area contributed by atoms with Crippen LogP contribution >= 0.6 is 11.6 Å². The zero-order valence-corrected chi connectivity index (χ0v) is 15.4. The number of halogens is 2. The highest BCUT2D eigenvalue weighted by Crippen LogP contribution is 2.43. The number of piperidine rings is 1. The van der Waals surface area contributed by atoms with Gasteiger partial charge >= 0.3 is 0 Å². The fourth-order valence-corrected chi connectivity index (χ4v) is 5.09. The van der Waals surface area contributed by atoms with Crippen LogP contribution in [-0.4, -0.2) is 53.3 Å². The first-order valence-electron chi connectivity index (χ1n) is 9.53. The fraction of sp³-hybridized carbons (Fsp3) is 0.737. The molecule has 2 aliphatic heterocycles. The van der Waals surface area contributed by atoms with Gasteiger partial charge in [-0.15, -0.1) is 0 Å². The number of aromatic nitrogens is 1. The lowest BCUT2D eigenvalue weighted by atomic mass is 9.77. The van der Waals surface area contributed by atoms with Gasteiger partial charge in [0.05, 0.1) is 11.1 Å². The Morgan fingerprint density at radius 2 is 1.80 bits per heavy atom. The summed E-state index contributed by atoms with van der Waals surface area (Å²) >= 11 is 5.81. The molecule has 4 nitrogen and oxygen atoms in total. The van der Waals surface area contributed by atoms with E-state index in [-0.39, 0.29) is 11.9 Å². The lowest BCUT2D eigenvalue weighted by molar-refractivity contribution is 0.0762. The van der Waals surface area contributed by atoms with Gasteiger partial charge in [-0.2, -0.15) is 0 Å². The Kier molecular flexibility index (Phi) is 4.91. The van der Waals surface area contributed by atoms with Crippen molar-refractivity contribution in [2.24, 2.45) is 5.41 Å². The minimum atomic E-state index is -0.322. The van der Waals surface area contributed by atoms with Crippen LogP contribution in [0.1, 0.15) is 44.9 Å². The largest absolute Gasteiger partial charge is 0.393 e. The SMILES string of the molecule is O[C@H]1CC[C@H](N2CCC3(CCN(c4ncc(Cl)cc4F)CC3)C2)CC1. The summed E-state index contributed by atoms with van der Waals surface area (Å²) in [5.41, 5.74) is 0.384. The van der Waals surface area contributed by atoms with Crippen molar-refractivity contribution < 1.29 is 9.50 Å². The molecule has 1 aromatic heterocycles. The first-order chi connectivity index (χ1) is 12.0. The summed E-state index contributed by atoms with van der Waals surface area (Å²) in [6, 6.07) is 2.00. The standard InChI is InChI=1S/C19H27ClFN3O/c20-14-11-17(21)18(22-12-14)23-8-5-19(6-9-23)7-10-24(13-19)15-1-3-16(25)4-2-15/h11-12,15-16,25H,1-10,13H2/t15-,16-. The quantitative estimate of drug-likeness (QED) is 0.868. The van der Waals surface area contributed by atoms with Gasteiger partial charge in [-0.1, -0.05) is 11.6 Å². The average molecular weight is 368 g/mol. The van der Waals surface area contributed by atoms with E-state index in [0.29, 0.717) is 22.3 Å². The van der Waals surface area contributed by atoms with E-state index < -0.39 is 0 Å². The number of hydrogen-bond donors (Lipinski definition) is 1. The molecule has 25 heavy (non-hydrogen) atoms. The van der Waals surface area contributed by atoms with E-state index in [1.165, 1.54) is 25.2 Å². The van der Waals surface area contributed by atoms with Crippen molar-refractivity contribution in [2.75, 3.05) is 31.1 Å². The monoisotopic (exact) mass is 367 g/mol. The van der Waals surface area contributed by atoms with E-state index in [4.69, 9.17) is 11.6 Å². The summed E-state index contributed by atoms with van der Waals surface area (Å²) < 4.78 is 14.1. The Hall–Kier alpha value is -0.910. The molecule has 6 heteroatoms. The molecule has 1 N–H and O–H groups in total. The first-order valence-corrected chi connectivity index (χ1v) is 9.91. The number of pyridine rings is 1. The minimum Gasteiger partial charge on any atom is -0.393 e. The highest BCUT2D eigenvalue weighted by Gasteiger charge is 2.43. The van der Waals surface area contributed by atoms with E-state index in [1.807, 2.05) is 0 Å². The van der Waals surface area contributed by atoms with E-state index in [1.54, 1.807) is 0 Å². The van der Waals surface area contributed by atoms with Crippen molar-refractivity contribution >= 4 is 17.4 Å². The van der Waals surface area contributed by atoms with Crippen LogP contribution in [0.2, 0.25) is 5.02 Å². The van der Waals surface area contributed by atoms with E-state index in [2.05, 4.69) is 14.8 Å². The van der Waals surface area contributed by atoms with Gasteiger partial charge in [0.1, 0.15) is 0 Å². The van der Waals surface area contributed by atoms with E-state index in [0.717, 1.165) is 58.2 Å². The van der Waals surface area contributed by atoms with Gasteiger partial charge in [-0.25, -0.2) is 9.37 Å². The topological polar surface area (TPSA) is 39.6 Å². The maximum atomic E-state index is 14.1. The van der Waals surface area contributed by atoms with Crippen LogP contribution in [0.5, 0.6) is 0 Å². The molecule has 1 aliphatic carbocycles. The lowest BCUT2D eigenvalue weighted by Crippen LogP contribution is -2.44. The Labute approximate surface area is 154 Å². The van der Waals surface area contributed by atoms with Gasteiger partial charge in [-0.3, -0.25) is 4.90 Å². The molecule has 1 spiro atoms. The van der Waals surface area contributed by atoms with Crippen LogP contribution in [-0.2, 0) is 0 Å². The zero-order valence-electron chi connectivity index (χ0n) is 14.6. The number of likely N-dealkylation sites (tertiary alicyclic amines) is 1. The van der Waals surface area contributed by atoms with Gasteiger partial charge in [-0.05, 0) is 63.0 Å². The molecule has 0 aromatic carbocycles. The van der Waals surface area contributed by atoms with E-state index in [9.17, 15) is 9.50 Å². The van der Waals surface area contributed by atoms with Crippen molar-refractivity contribution in [1.82, 2.24) is 9.88 Å². The molecule has 0 atom stereocenters. The van der Waals surface area contributed by atoms with Crippen molar-refractivity contribution in [3.05, 3.63) is 23.1 Å². The smallest absolute Gasteiger partial charge is 0.167 e. The lowest BCUT2D eigenvalue weighted by Gasteiger charge is -2.41. The van der Waals surface area contributed by atoms with E-state index >= 15 is 0 Å². The Balaban J connectivity index is 1.35. The Morgan fingerprint density at radius 3 is 2.48 bits per heavy atom. The molecule has 2 saturated heterocycles. The van der Waals surface area contributed by atoms with Crippen LogP contribution in [0, 0.1) is 11.2 Å². The molecule has 0 amide bonds. The highest BCUT2D eigenvalue weighted by atomic mass is 35.5. The number of anilines is 1. The fourth-order valence-electron chi connectivity index (χ4n) is 4.95. The molecule has 0 bridgehead atoms. The zero-order chi connectivity index (χ0) is 17.4.